The number of aromatic carboxylic acids is 1. The molecule has 1 aromatic carbocycles. The lowest BCUT2D eigenvalue weighted by Gasteiger charge is -2.13. The van der Waals surface area contributed by atoms with Gasteiger partial charge < -0.3 is 14.6 Å². The molecule has 0 saturated heterocycles. The Kier molecular flexibility index (Phi) is 3.97. The number of carbonyl (C=O) groups is 1. The Morgan fingerprint density at radius 3 is 2.84 bits per heavy atom. The van der Waals surface area contributed by atoms with Crippen LogP contribution in [0.1, 0.15) is 17.3 Å². The maximum absolute atomic E-state index is 11.1. The predicted molar refractivity (Wildman–Crippen MR) is 70.7 cm³/mol. The van der Waals surface area contributed by atoms with Gasteiger partial charge in [-0.3, -0.25) is 0 Å². The average molecular weight is 261 g/mol. The molecular weight excluding hydrogens is 246 g/mol. The van der Waals surface area contributed by atoms with Gasteiger partial charge in [0.25, 0.3) is 0 Å². The average Bonchev–Trinajstić information content (AvgIpc) is 2.37. The lowest BCUT2D eigenvalue weighted by molar-refractivity contribution is 0.0699. The Labute approximate surface area is 110 Å². The van der Waals surface area contributed by atoms with Gasteiger partial charge in [-0.25, -0.2) is 9.78 Å². The molecule has 0 spiro atoms. The minimum absolute atomic E-state index is 0.113. The minimum atomic E-state index is -0.964. The number of nitrogens with zero attached hydrogens (tertiary/aromatic N) is 1. The number of aromatic nitrogens is 1. The van der Waals surface area contributed by atoms with Crippen molar-refractivity contribution < 1.29 is 19.4 Å². The van der Waals surface area contributed by atoms with Crippen molar-refractivity contribution in [3.63, 3.8) is 0 Å². The molecule has 100 valence electrons. The highest BCUT2D eigenvalue weighted by molar-refractivity contribution is 6.02. The molecule has 1 N–H and O–H groups in total. The van der Waals surface area contributed by atoms with E-state index >= 15 is 0 Å². The first-order valence-electron chi connectivity index (χ1n) is 5.90. The van der Waals surface area contributed by atoms with Gasteiger partial charge in [-0.1, -0.05) is 6.07 Å². The molecule has 2 aromatic rings. The number of rotatable bonds is 5. The van der Waals surface area contributed by atoms with Crippen LogP contribution >= 0.6 is 0 Å². The second-order valence-corrected chi connectivity index (χ2v) is 4.21. The van der Waals surface area contributed by atoms with E-state index in [2.05, 4.69) is 4.98 Å². The fourth-order valence-corrected chi connectivity index (χ4v) is 1.86. The normalized spacial score (nSPS) is 12.3. The van der Waals surface area contributed by atoms with Crippen molar-refractivity contribution in [1.82, 2.24) is 4.98 Å². The van der Waals surface area contributed by atoms with Crippen molar-refractivity contribution in [2.45, 2.75) is 13.0 Å². The summed E-state index contributed by atoms with van der Waals surface area (Å²) in [6.07, 6.45) is -0.113. The van der Waals surface area contributed by atoms with Crippen LogP contribution in [-0.2, 0) is 4.74 Å². The number of pyridine rings is 1. The first kappa shape index (κ1) is 13.3. The summed E-state index contributed by atoms with van der Waals surface area (Å²) < 4.78 is 10.6. The SMILES string of the molecule is COCC(C)Oc1ccc2c(C(=O)O)cccc2n1. The number of carboxylic acid groups (broad SMARTS) is 1. The molecule has 0 amide bonds. The molecule has 0 aliphatic heterocycles. The largest absolute Gasteiger partial charge is 0.478 e. The molecule has 1 aromatic heterocycles. The van der Waals surface area contributed by atoms with E-state index in [0.717, 1.165) is 0 Å². The van der Waals surface area contributed by atoms with Gasteiger partial charge in [0.05, 0.1) is 17.7 Å². The second-order valence-electron chi connectivity index (χ2n) is 4.21. The molecule has 1 atom stereocenters. The van der Waals surface area contributed by atoms with Crippen LogP contribution in [0.3, 0.4) is 0 Å². The van der Waals surface area contributed by atoms with Gasteiger partial charge in [0, 0.05) is 18.6 Å². The van der Waals surface area contributed by atoms with Gasteiger partial charge in [-0.15, -0.1) is 0 Å². The van der Waals surface area contributed by atoms with E-state index < -0.39 is 5.97 Å². The number of ether oxygens (including phenoxy) is 2. The van der Waals surface area contributed by atoms with Crippen molar-refractivity contribution in [2.24, 2.45) is 0 Å². The Morgan fingerprint density at radius 2 is 2.16 bits per heavy atom. The van der Waals surface area contributed by atoms with Crippen LogP contribution in [0.5, 0.6) is 5.88 Å². The minimum Gasteiger partial charge on any atom is -0.478 e. The summed E-state index contributed by atoms with van der Waals surface area (Å²) in [5.74, 6) is -0.506. The molecular formula is C14H15NO4. The Hall–Kier alpha value is -2.14. The highest BCUT2D eigenvalue weighted by Gasteiger charge is 2.10. The Morgan fingerprint density at radius 1 is 1.37 bits per heavy atom. The lowest BCUT2D eigenvalue weighted by Crippen LogP contribution is -2.18. The van der Waals surface area contributed by atoms with Crippen LogP contribution in [0.4, 0.5) is 0 Å². The van der Waals surface area contributed by atoms with E-state index in [1.807, 2.05) is 6.92 Å². The zero-order valence-corrected chi connectivity index (χ0v) is 10.8. The molecule has 1 heterocycles. The molecule has 0 aliphatic rings. The number of methoxy groups -OCH3 is 1. The van der Waals surface area contributed by atoms with E-state index in [-0.39, 0.29) is 11.7 Å². The number of fused-ring (bicyclic) bond motifs is 1. The third-order valence-corrected chi connectivity index (χ3v) is 2.66. The summed E-state index contributed by atoms with van der Waals surface area (Å²) >= 11 is 0. The van der Waals surface area contributed by atoms with Crippen LogP contribution in [0.25, 0.3) is 10.9 Å². The van der Waals surface area contributed by atoms with Crippen LogP contribution in [0.2, 0.25) is 0 Å². The zero-order chi connectivity index (χ0) is 13.8. The predicted octanol–water partition coefficient (Wildman–Crippen LogP) is 2.35. The first-order chi connectivity index (χ1) is 9.11. The highest BCUT2D eigenvalue weighted by atomic mass is 16.5. The van der Waals surface area contributed by atoms with Crippen molar-refractivity contribution in [3.8, 4) is 5.88 Å². The van der Waals surface area contributed by atoms with Gasteiger partial charge in [0.1, 0.15) is 6.10 Å². The molecule has 0 aliphatic carbocycles. The molecule has 5 heteroatoms. The first-order valence-corrected chi connectivity index (χ1v) is 5.90. The zero-order valence-electron chi connectivity index (χ0n) is 10.8. The summed E-state index contributed by atoms with van der Waals surface area (Å²) in [5.41, 5.74) is 0.837. The van der Waals surface area contributed by atoms with Crippen molar-refractivity contribution in [3.05, 3.63) is 35.9 Å². The molecule has 0 fully saturated rings. The van der Waals surface area contributed by atoms with Crippen molar-refractivity contribution in [2.75, 3.05) is 13.7 Å². The Bertz CT molecular complexity index is 597. The van der Waals surface area contributed by atoms with Gasteiger partial charge in [-0.05, 0) is 25.1 Å². The van der Waals surface area contributed by atoms with Crippen LogP contribution in [-0.4, -0.2) is 35.9 Å². The van der Waals surface area contributed by atoms with E-state index in [9.17, 15) is 4.79 Å². The third kappa shape index (κ3) is 3.00. The van der Waals surface area contributed by atoms with Crippen molar-refractivity contribution in [1.29, 1.82) is 0 Å². The number of benzene rings is 1. The molecule has 0 radical (unpaired) electrons. The third-order valence-electron chi connectivity index (χ3n) is 2.66. The number of hydrogen-bond acceptors (Lipinski definition) is 4. The quantitative estimate of drug-likeness (QED) is 0.894. The summed E-state index contributed by atoms with van der Waals surface area (Å²) in [6, 6.07) is 8.36. The molecule has 19 heavy (non-hydrogen) atoms. The Balaban J connectivity index is 2.34. The second kappa shape index (κ2) is 5.67. The highest BCUT2D eigenvalue weighted by Crippen LogP contribution is 2.21. The summed E-state index contributed by atoms with van der Waals surface area (Å²) in [6.45, 7) is 2.35. The standard InChI is InChI=1S/C14H15NO4/c1-9(8-18-2)19-13-7-6-10-11(14(16)17)4-3-5-12(10)15-13/h3-7,9H,8H2,1-2H3,(H,16,17). The van der Waals surface area contributed by atoms with E-state index in [1.54, 1.807) is 37.4 Å². The topological polar surface area (TPSA) is 68.7 Å². The van der Waals surface area contributed by atoms with E-state index in [4.69, 9.17) is 14.6 Å². The summed E-state index contributed by atoms with van der Waals surface area (Å²) in [5, 5.41) is 9.69. The fraction of sp³-hybridized carbons (Fsp3) is 0.286. The molecule has 0 saturated carbocycles. The van der Waals surface area contributed by atoms with Crippen LogP contribution in [0, 0.1) is 0 Å². The van der Waals surface area contributed by atoms with E-state index in [0.29, 0.717) is 23.4 Å². The number of carboxylic acids is 1. The van der Waals surface area contributed by atoms with Gasteiger partial charge >= 0.3 is 5.97 Å². The van der Waals surface area contributed by atoms with E-state index in [1.165, 1.54) is 0 Å². The van der Waals surface area contributed by atoms with Crippen LogP contribution in [0.15, 0.2) is 30.3 Å². The molecule has 1 unspecified atom stereocenters. The van der Waals surface area contributed by atoms with Crippen molar-refractivity contribution >= 4 is 16.9 Å². The molecule has 5 nitrogen and oxygen atoms in total. The summed E-state index contributed by atoms with van der Waals surface area (Å²) in [7, 11) is 1.60. The molecule has 2 rings (SSSR count). The maximum atomic E-state index is 11.1. The maximum Gasteiger partial charge on any atom is 0.336 e. The monoisotopic (exact) mass is 261 g/mol. The van der Waals surface area contributed by atoms with Gasteiger partial charge in [0.15, 0.2) is 0 Å². The van der Waals surface area contributed by atoms with Crippen LogP contribution < -0.4 is 4.74 Å². The van der Waals surface area contributed by atoms with Gasteiger partial charge in [0.2, 0.25) is 5.88 Å². The fourth-order valence-electron chi connectivity index (χ4n) is 1.86. The van der Waals surface area contributed by atoms with Gasteiger partial charge in [-0.2, -0.15) is 0 Å². The molecule has 0 bridgehead atoms. The number of hydrogen-bond donors (Lipinski definition) is 1. The smallest absolute Gasteiger partial charge is 0.336 e. The summed E-state index contributed by atoms with van der Waals surface area (Å²) in [4.78, 5) is 15.4. The lowest BCUT2D eigenvalue weighted by atomic mass is 10.1.